The maximum absolute atomic E-state index is 15.0. The third-order valence-electron chi connectivity index (χ3n) is 7.14. The summed E-state index contributed by atoms with van der Waals surface area (Å²) in [6.07, 6.45) is -0.730. The number of esters is 1. The van der Waals surface area contributed by atoms with Crippen molar-refractivity contribution in [2.75, 3.05) is 0 Å². The molecule has 2 aliphatic rings. The lowest BCUT2D eigenvalue weighted by atomic mass is 9.83. The first kappa shape index (κ1) is 21.3. The largest absolute Gasteiger partial charge is 0.453 e. The highest BCUT2D eigenvalue weighted by Crippen LogP contribution is 2.44. The van der Waals surface area contributed by atoms with Gasteiger partial charge in [0.05, 0.1) is 17.0 Å². The fraction of sp³-hybridized carbons (Fsp3) is 0.179. The van der Waals surface area contributed by atoms with Crippen molar-refractivity contribution < 1.29 is 18.7 Å². The highest BCUT2D eigenvalue weighted by Gasteiger charge is 2.42. The number of primary amides is 1. The molecule has 0 radical (unpaired) electrons. The van der Waals surface area contributed by atoms with Crippen LogP contribution in [0.15, 0.2) is 77.6 Å². The van der Waals surface area contributed by atoms with Crippen molar-refractivity contribution in [3.05, 3.63) is 106 Å². The Morgan fingerprint density at radius 3 is 2.57 bits per heavy atom. The molecule has 3 heterocycles. The van der Waals surface area contributed by atoms with Gasteiger partial charge in [0.1, 0.15) is 11.9 Å². The second-order valence-corrected chi connectivity index (χ2v) is 9.12. The van der Waals surface area contributed by atoms with Crippen LogP contribution >= 0.6 is 0 Å². The van der Waals surface area contributed by atoms with E-state index in [9.17, 15) is 18.8 Å². The van der Waals surface area contributed by atoms with Gasteiger partial charge in [0.2, 0.25) is 5.91 Å². The van der Waals surface area contributed by atoms with Crippen LogP contribution < -0.4 is 11.3 Å². The number of carbonyl (C=O) groups is 2. The van der Waals surface area contributed by atoms with E-state index in [0.717, 1.165) is 16.5 Å². The molecule has 6 rings (SSSR count). The second kappa shape index (κ2) is 7.91. The minimum Gasteiger partial charge on any atom is -0.453 e. The van der Waals surface area contributed by atoms with Gasteiger partial charge < -0.3 is 15.0 Å². The molecule has 0 bridgehead atoms. The summed E-state index contributed by atoms with van der Waals surface area (Å²) < 4.78 is 22.2. The highest BCUT2D eigenvalue weighted by molar-refractivity contribution is 5.96. The van der Waals surface area contributed by atoms with Gasteiger partial charge in [0.15, 0.2) is 0 Å². The van der Waals surface area contributed by atoms with Crippen LogP contribution in [0.5, 0.6) is 0 Å². The van der Waals surface area contributed by atoms with Gasteiger partial charge in [-0.15, -0.1) is 0 Å². The van der Waals surface area contributed by atoms with Crippen LogP contribution in [0.3, 0.4) is 0 Å². The standard InChI is InChI=1S/C28H21FN2O4/c29-22-10-7-16-8-11-23(32)31-14-18(24(22)25(16)31)13-21(27(30)33)26-19-9-6-17(12-20(19)28(34)35-26)15-4-2-1-3-5-15/h1-12,18,21,26H,13-14H2,(H2,30,33)/t18-,21?,26-/m0/s1. The molecule has 6 nitrogen and oxygen atoms in total. The van der Waals surface area contributed by atoms with Crippen molar-refractivity contribution in [1.29, 1.82) is 0 Å². The third-order valence-corrected chi connectivity index (χ3v) is 7.14. The Morgan fingerprint density at radius 1 is 1.03 bits per heavy atom. The number of hydrogen-bond donors (Lipinski definition) is 1. The molecule has 3 atom stereocenters. The molecule has 0 saturated heterocycles. The molecule has 35 heavy (non-hydrogen) atoms. The van der Waals surface area contributed by atoms with E-state index < -0.39 is 35.6 Å². The van der Waals surface area contributed by atoms with Gasteiger partial charge in [-0.3, -0.25) is 9.59 Å². The zero-order valence-corrected chi connectivity index (χ0v) is 18.6. The fourth-order valence-electron chi connectivity index (χ4n) is 5.50. The lowest BCUT2D eigenvalue weighted by molar-refractivity contribution is -0.125. The van der Waals surface area contributed by atoms with Crippen molar-refractivity contribution >= 4 is 22.8 Å². The summed E-state index contributed by atoms with van der Waals surface area (Å²) >= 11 is 0. The van der Waals surface area contributed by atoms with Crippen molar-refractivity contribution in [1.82, 2.24) is 4.57 Å². The molecular weight excluding hydrogens is 447 g/mol. The van der Waals surface area contributed by atoms with Gasteiger partial charge in [0, 0.05) is 29.7 Å². The number of hydrogen-bond acceptors (Lipinski definition) is 4. The number of fused-ring (bicyclic) bond motifs is 1. The predicted molar refractivity (Wildman–Crippen MR) is 128 cm³/mol. The van der Waals surface area contributed by atoms with Crippen molar-refractivity contribution in [3.8, 4) is 11.1 Å². The van der Waals surface area contributed by atoms with Crippen LogP contribution in [0.1, 0.15) is 39.9 Å². The Morgan fingerprint density at radius 2 is 1.80 bits per heavy atom. The van der Waals surface area contributed by atoms with Crippen molar-refractivity contribution in [2.45, 2.75) is 25.0 Å². The van der Waals surface area contributed by atoms with E-state index in [-0.39, 0.29) is 18.5 Å². The smallest absolute Gasteiger partial charge is 0.339 e. The number of ether oxygens (including phenoxy) is 1. The molecule has 3 aromatic carbocycles. The summed E-state index contributed by atoms with van der Waals surface area (Å²) in [4.78, 5) is 37.9. The number of nitrogens with zero attached hydrogens (tertiary/aromatic N) is 1. The third kappa shape index (κ3) is 3.34. The number of benzene rings is 3. The quantitative estimate of drug-likeness (QED) is 0.442. The second-order valence-electron chi connectivity index (χ2n) is 9.12. The maximum Gasteiger partial charge on any atom is 0.339 e. The average molecular weight is 468 g/mol. The normalized spacial score (nSPS) is 18.9. The molecule has 1 unspecified atom stereocenters. The summed E-state index contributed by atoms with van der Waals surface area (Å²) in [7, 11) is 0. The van der Waals surface area contributed by atoms with Gasteiger partial charge in [0.25, 0.3) is 5.56 Å². The van der Waals surface area contributed by atoms with Crippen LogP contribution in [0.2, 0.25) is 0 Å². The fourth-order valence-corrected chi connectivity index (χ4v) is 5.50. The molecule has 1 aromatic heterocycles. The molecule has 0 aliphatic carbocycles. The predicted octanol–water partition coefficient (Wildman–Crippen LogP) is 4.31. The Balaban J connectivity index is 1.37. The highest BCUT2D eigenvalue weighted by atomic mass is 19.1. The van der Waals surface area contributed by atoms with Crippen molar-refractivity contribution in [2.24, 2.45) is 11.7 Å². The Bertz CT molecular complexity index is 1580. The number of pyridine rings is 1. The van der Waals surface area contributed by atoms with E-state index in [2.05, 4.69) is 0 Å². The number of carbonyl (C=O) groups excluding carboxylic acids is 2. The summed E-state index contributed by atoms with van der Waals surface area (Å²) in [5.74, 6) is -2.93. The average Bonchev–Trinajstić information content (AvgIpc) is 3.41. The van der Waals surface area contributed by atoms with Crippen LogP contribution in [0.25, 0.3) is 22.0 Å². The zero-order chi connectivity index (χ0) is 24.3. The molecule has 174 valence electrons. The Kier molecular flexibility index (Phi) is 4.81. The minimum absolute atomic E-state index is 0.143. The van der Waals surface area contributed by atoms with Crippen molar-refractivity contribution in [3.63, 3.8) is 0 Å². The van der Waals surface area contributed by atoms with Crippen LogP contribution in [0, 0.1) is 11.7 Å². The van der Waals surface area contributed by atoms with E-state index in [4.69, 9.17) is 10.5 Å². The SMILES string of the molecule is NC(=O)C(C[C@H]1Cn2c(=O)ccc3ccc(F)c1c32)[C@H]1OC(=O)c2cc(-c3ccccc3)ccc21. The first-order valence-electron chi connectivity index (χ1n) is 11.4. The lowest BCUT2D eigenvalue weighted by Gasteiger charge is -2.24. The van der Waals surface area contributed by atoms with Gasteiger partial charge >= 0.3 is 5.97 Å². The zero-order valence-electron chi connectivity index (χ0n) is 18.6. The molecule has 2 N–H and O–H groups in total. The minimum atomic E-state index is -0.882. The van der Waals surface area contributed by atoms with E-state index >= 15 is 0 Å². The molecule has 0 saturated carbocycles. The first-order chi connectivity index (χ1) is 16.9. The first-order valence-corrected chi connectivity index (χ1v) is 11.4. The summed E-state index contributed by atoms with van der Waals surface area (Å²) in [6.45, 7) is 0.233. The van der Waals surface area contributed by atoms with Gasteiger partial charge in [-0.1, -0.05) is 42.5 Å². The summed E-state index contributed by atoms with van der Waals surface area (Å²) in [5, 5.41) is 0.755. The molecule has 1 amide bonds. The number of rotatable bonds is 5. The summed E-state index contributed by atoms with van der Waals surface area (Å²) in [5.41, 5.74) is 9.30. The van der Waals surface area contributed by atoms with E-state index in [1.807, 2.05) is 36.4 Å². The van der Waals surface area contributed by atoms with Crippen LogP contribution in [-0.2, 0) is 16.1 Å². The molecule has 0 spiro atoms. The lowest BCUT2D eigenvalue weighted by Crippen LogP contribution is -2.31. The number of cyclic esters (lactones) is 1. The van der Waals surface area contributed by atoms with Gasteiger partial charge in [-0.25, -0.2) is 9.18 Å². The molecule has 7 heteroatoms. The number of aromatic nitrogens is 1. The van der Waals surface area contributed by atoms with Crippen LogP contribution in [-0.4, -0.2) is 16.4 Å². The number of nitrogens with two attached hydrogens (primary N) is 1. The Hall–Kier alpha value is -4.26. The Labute approximate surface area is 199 Å². The molecule has 2 aliphatic heterocycles. The maximum atomic E-state index is 15.0. The molecule has 4 aromatic rings. The van der Waals surface area contributed by atoms with Crippen LogP contribution in [0.4, 0.5) is 4.39 Å². The summed E-state index contributed by atoms with van der Waals surface area (Å²) in [6, 6.07) is 21.2. The number of halogens is 1. The molecule has 0 fully saturated rings. The molecular formula is C28H21FN2O4. The number of amides is 1. The topological polar surface area (TPSA) is 91.4 Å². The van der Waals surface area contributed by atoms with Gasteiger partial charge in [-0.2, -0.15) is 0 Å². The van der Waals surface area contributed by atoms with E-state index in [1.165, 1.54) is 16.7 Å². The monoisotopic (exact) mass is 468 g/mol. The van der Waals surface area contributed by atoms with E-state index in [0.29, 0.717) is 22.2 Å². The van der Waals surface area contributed by atoms with Gasteiger partial charge in [-0.05, 0) is 47.2 Å². The van der Waals surface area contributed by atoms with E-state index in [1.54, 1.807) is 24.3 Å².